The van der Waals surface area contributed by atoms with Crippen molar-refractivity contribution in [1.82, 2.24) is 5.32 Å². The normalized spacial score (nSPS) is 31.5. The van der Waals surface area contributed by atoms with Crippen LogP contribution in [0.2, 0.25) is 10.0 Å². The molecule has 1 saturated heterocycles. The van der Waals surface area contributed by atoms with Gasteiger partial charge in [-0.2, -0.15) is 0 Å². The Hall–Kier alpha value is 0.0500. The molecule has 0 unspecified atom stereocenters. The fraction of sp³-hybridized carbons (Fsp3) is 0.500. The van der Waals surface area contributed by atoms with Gasteiger partial charge in [-0.1, -0.05) is 29.3 Å². The molecule has 2 aliphatic rings. The lowest BCUT2D eigenvalue weighted by atomic mass is 9.88. The molecule has 1 aliphatic carbocycles. The van der Waals surface area contributed by atoms with Gasteiger partial charge in [-0.25, -0.2) is 0 Å². The molecule has 1 heterocycles. The minimum Gasteiger partial charge on any atom is -0.316 e. The standard InChI is InChI=1S/C12H13Cl2N.ClH/c13-10-2-1-8(5-11(10)14)12-3-4-15-7-9(12)6-12;/h1-2,5,9,15H,3-4,6-7H2;1H/t9-,12-;/m0./s1. The van der Waals surface area contributed by atoms with Crippen molar-refractivity contribution in [2.45, 2.75) is 18.3 Å². The lowest BCUT2D eigenvalue weighted by molar-refractivity contribution is 0.445. The summed E-state index contributed by atoms with van der Waals surface area (Å²) in [6.45, 7) is 2.27. The molecule has 1 N–H and O–H groups in total. The number of rotatable bonds is 1. The van der Waals surface area contributed by atoms with Crippen LogP contribution in [0.15, 0.2) is 18.2 Å². The third-order valence-electron chi connectivity index (χ3n) is 3.87. The maximum atomic E-state index is 6.07. The topological polar surface area (TPSA) is 12.0 Å². The maximum Gasteiger partial charge on any atom is 0.0595 e. The van der Waals surface area contributed by atoms with Crippen molar-refractivity contribution in [1.29, 1.82) is 0 Å². The molecule has 1 saturated carbocycles. The number of nitrogens with one attached hydrogen (secondary N) is 1. The van der Waals surface area contributed by atoms with E-state index in [0.717, 1.165) is 19.0 Å². The van der Waals surface area contributed by atoms with Crippen LogP contribution >= 0.6 is 35.6 Å². The monoisotopic (exact) mass is 277 g/mol. The van der Waals surface area contributed by atoms with E-state index >= 15 is 0 Å². The van der Waals surface area contributed by atoms with E-state index in [1.807, 2.05) is 6.07 Å². The van der Waals surface area contributed by atoms with Gasteiger partial charge in [0.1, 0.15) is 0 Å². The highest BCUT2D eigenvalue weighted by atomic mass is 35.5. The molecule has 1 nitrogen and oxygen atoms in total. The molecule has 16 heavy (non-hydrogen) atoms. The van der Waals surface area contributed by atoms with Crippen LogP contribution in [0.1, 0.15) is 18.4 Å². The quantitative estimate of drug-likeness (QED) is 0.826. The minimum absolute atomic E-state index is 0. The van der Waals surface area contributed by atoms with Gasteiger partial charge in [0.05, 0.1) is 10.0 Å². The lowest BCUT2D eigenvalue weighted by Crippen LogP contribution is -2.31. The second-order valence-electron chi connectivity index (χ2n) is 4.64. The second kappa shape index (κ2) is 4.38. The summed E-state index contributed by atoms with van der Waals surface area (Å²) in [7, 11) is 0. The van der Waals surface area contributed by atoms with Crippen molar-refractivity contribution in [3.8, 4) is 0 Å². The molecule has 4 heteroatoms. The van der Waals surface area contributed by atoms with Crippen LogP contribution in [0.4, 0.5) is 0 Å². The van der Waals surface area contributed by atoms with Crippen LogP contribution < -0.4 is 5.32 Å². The summed E-state index contributed by atoms with van der Waals surface area (Å²) in [5.74, 6) is 0.809. The highest BCUT2D eigenvalue weighted by Gasteiger charge is 2.55. The van der Waals surface area contributed by atoms with E-state index in [2.05, 4.69) is 17.4 Å². The molecule has 3 rings (SSSR count). The molecule has 0 bridgehead atoms. The highest BCUT2D eigenvalue weighted by Crippen LogP contribution is 2.58. The third-order valence-corrected chi connectivity index (χ3v) is 4.60. The van der Waals surface area contributed by atoms with Crippen LogP contribution in [-0.4, -0.2) is 13.1 Å². The first-order chi connectivity index (χ1) is 7.22. The zero-order valence-electron chi connectivity index (χ0n) is 8.80. The Morgan fingerprint density at radius 2 is 2.06 bits per heavy atom. The van der Waals surface area contributed by atoms with Crippen LogP contribution in [0.3, 0.4) is 0 Å². The smallest absolute Gasteiger partial charge is 0.0595 e. The number of piperidine rings is 1. The van der Waals surface area contributed by atoms with Gasteiger partial charge < -0.3 is 5.32 Å². The van der Waals surface area contributed by atoms with E-state index < -0.39 is 0 Å². The number of benzene rings is 1. The van der Waals surface area contributed by atoms with Crippen LogP contribution in [0.5, 0.6) is 0 Å². The largest absolute Gasteiger partial charge is 0.316 e. The molecule has 2 fully saturated rings. The average molecular weight is 279 g/mol. The van der Waals surface area contributed by atoms with E-state index in [9.17, 15) is 0 Å². The number of halogens is 3. The first kappa shape index (κ1) is 12.5. The summed E-state index contributed by atoms with van der Waals surface area (Å²) in [5, 5.41) is 4.78. The van der Waals surface area contributed by atoms with E-state index in [4.69, 9.17) is 23.2 Å². The van der Waals surface area contributed by atoms with E-state index in [-0.39, 0.29) is 12.4 Å². The fourth-order valence-electron chi connectivity index (χ4n) is 2.85. The van der Waals surface area contributed by atoms with Crippen LogP contribution in [0, 0.1) is 5.92 Å². The molecule has 0 aromatic heterocycles. The Bertz CT molecular complexity index is 407. The molecular weight excluding hydrogens is 264 g/mol. The predicted molar refractivity (Wildman–Crippen MR) is 71.0 cm³/mol. The maximum absolute atomic E-state index is 6.07. The first-order valence-corrected chi connectivity index (χ1v) is 6.14. The van der Waals surface area contributed by atoms with Crippen molar-refractivity contribution >= 4 is 35.6 Å². The van der Waals surface area contributed by atoms with Gasteiger partial charge in [0, 0.05) is 5.41 Å². The Morgan fingerprint density at radius 3 is 2.75 bits per heavy atom. The van der Waals surface area contributed by atoms with Gasteiger partial charge in [-0.05, 0) is 49.5 Å². The molecule has 0 spiro atoms. The Balaban J connectivity index is 0.000000963. The van der Waals surface area contributed by atoms with Gasteiger partial charge in [-0.3, -0.25) is 0 Å². The van der Waals surface area contributed by atoms with Crippen molar-refractivity contribution in [3.63, 3.8) is 0 Å². The number of hydrogen-bond acceptors (Lipinski definition) is 1. The summed E-state index contributed by atoms with van der Waals surface area (Å²) in [4.78, 5) is 0. The fourth-order valence-corrected chi connectivity index (χ4v) is 3.14. The van der Waals surface area contributed by atoms with E-state index in [0.29, 0.717) is 15.5 Å². The molecule has 2 atom stereocenters. The molecular formula is C12H14Cl3N. The van der Waals surface area contributed by atoms with Crippen LogP contribution in [0.25, 0.3) is 0 Å². The van der Waals surface area contributed by atoms with Crippen molar-refractivity contribution in [2.24, 2.45) is 5.92 Å². The lowest BCUT2D eigenvalue weighted by Gasteiger charge is -2.23. The van der Waals surface area contributed by atoms with E-state index in [1.165, 1.54) is 18.4 Å². The molecule has 1 aromatic carbocycles. The van der Waals surface area contributed by atoms with Crippen molar-refractivity contribution in [3.05, 3.63) is 33.8 Å². The minimum atomic E-state index is 0. The molecule has 88 valence electrons. The summed E-state index contributed by atoms with van der Waals surface area (Å²) in [6.07, 6.45) is 2.54. The second-order valence-corrected chi connectivity index (χ2v) is 5.45. The number of hydrogen-bond donors (Lipinski definition) is 1. The molecule has 1 aliphatic heterocycles. The van der Waals surface area contributed by atoms with E-state index in [1.54, 1.807) is 0 Å². The molecule has 1 aromatic rings. The number of fused-ring (bicyclic) bond motifs is 1. The summed E-state index contributed by atoms with van der Waals surface area (Å²) in [5.41, 5.74) is 1.79. The van der Waals surface area contributed by atoms with Gasteiger partial charge in [-0.15, -0.1) is 12.4 Å². The average Bonchev–Trinajstić information content (AvgIpc) is 2.97. The predicted octanol–water partition coefficient (Wildman–Crippen LogP) is 3.67. The van der Waals surface area contributed by atoms with Gasteiger partial charge in [0.2, 0.25) is 0 Å². The summed E-state index contributed by atoms with van der Waals surface area (Å²) in [6, 6.07) is 6.11. The Labute approximate surface area is 112 Å². The van der Waals surface area contributed by atoms with Gasteiger partial charge in [0.15, 0.2) is 0 Å². The first-order valence-electron chi connectivity index (χ1n) is 5.39. The Kier molecular flexibility index (Phi) is 3.42. The zero-order valence-corrected chi connectivity index (χ0v) is 11.1. The van der Waals surface area contributed by atoms with Crippen LogP contribution in [-0.2, 0) is 5.41 Å². The molecule has 0 radical (unpaired) electrons. The SMILES string of the molecule is Cl.Clc1ccc([C@@]23CCNC[C@@H]2C3)cc1Cl. The van der Waals surface area contributed by atoms with Crippen molar-refractivity contribution < 1.29 is 0 Å². The van der Waals surface area contributed by atoms with Gasteiger partial charge in [0.25, 0.3) is 0 Å². The highest BCUT2D eigenvalue weighted by molar-refractivity contribution is 6.42. The third kappa shape index (κ3) is 1.84. The van der Waals surface area contributed by atoms with Crippen molar-refractivity contribution in [2.75, 3.05) is 13.1 Å². The summed E-state index contributed by atoms with van der Waals surface area (Å²) < 4.78 is 0. The molecule has 0 amide bonds. The zero-order chi connectivity index (χ0) is 10.5. The Morgan fingerprint density at radius 1 is 1.25 bits per heavy atom. The van der Waals surface area contributed by atoms with Gasteiger partial charge >= 0.3 is 0 Å². The summed E-state index contributed by atoms with van der Waals surface area (Å²) >= 11 is 12.0.